The Bertz CT molecular complexity index is 1400. The zero-order chi connectivity index (χ0) is 25.5. The smallest absolute Gasteiger partial charge is 0.269 e. The van der Waals surface area contributed by atoms with Crippen molar-refractivity contribution in [3.05, 3.63) is 129 Å². The van der Waals surface area contributed by atoms with Gasteiger partial charge in [-0.3, -0.25) is 19.7 Å². The maximum atomic E-state index is 13.3. The summed E-state index contributed by atoms with van der Waals surface area (Å²) < 4.78 is 0. The molecule has 0 spiro atoms. The molecular weight excluding hydrogens is 498 g/mol. The van der Waals surface area contributed by atoms with Crippen molar-refractivity contribution < 1.29 is 14.5 Å². The number of nitro groups is 1. The quantitative estimate of drug-likeness (QED) is 0.149. The molecule has 180 valence electrons. The highest BCUT2D eigenvalue weighted by atomic mass is 35.5. The second-order valence-corrected chi connectivity index (χ2v) is 9.25. The van der Waals surface area contributed by atoms with Gasteiger partial charge < -0.3 is 10.6 Å². The van der Waals surface area contributed by atoms with E-state index < -0.39 is 16.1 Å². The fraction of sp³-hybridized carbons (Fsp3) is 0.0370. The first-order valence-corrected chi connectivity index (χ1v) is 12.1. The maximum Gasteiger partial charge on any atom is 0.269 e. The highest BCUT2D eigenvalue weighted by Crippen LogP contribution is 2.37. The number of anilines is 2. The highest BCUT2D eigenvalue weighted by Gasteiger charge is 2.23. The number of hydrogen-bond acceptors (Lipinski definition) is 5. The van der Waals surface area contributed by atoms with Crippen molar-refractivity contribution in [2.75, 3.05) is 10.6 Å². The summed E-state index contributed by atoms with van der Waals surface area (Å²) >= 11 is 7.56. The first-order valence-electron chi connectivity index (χ1n) is 10.8. The molecule has 1 unspecified atom stereocenters. The number of para-hydroxylation sites is 1. The molecule has 0 aliphatic rings. The lowest BCUT2D eigenvalue weighted by Crippen LogP contribution is -2.19. The monoisotopic (exact) mass is 517 g/mol. The topological polar surface area (TPSA) is 101 Å². The van der Waals surface area contributed by atoms with E-state index in [2.05, 4.69) is 10.6 Å². The van der Waals surface area contributed by atoms with E-state index in [0.29, 0.717) is 22.0 Å². The third-order valence-corrected chi connectivity index (χ3v) is 6.74. The van der Waals surface area contributed by atoms with Crippen LogP contribution in [0.5, 0.6) is 0 Å². The summed E-state index contributed by atoms with van der Waals surface area (Å²) in [6.07, 6.45) is 0. The molecule has 2 N–H and O–H groups in total. The molecule has 0 saturated carbocycles. The molecule has 4 aromatic carbocycles. The van der Waals surface area contributed by atoms with Gasteiger partial charge >= 0.3 is 0 Å². The van der Waals surface area contributed by atoms with Crippen LogP contribution in [0, 0.1) is 10.1 Å². The number of nitrogens with zero attached hydrogens (tertiary/aromatic N) is 1. The summed E-state index contributed by atoms with van der Waals surface area (Å²) in [7, 11) is 0. The van der Waals surface area contributed by atoms with Gasteiger partial charge in [0.2, 0.25) is 5.91 Å². The van der Waals surface area contributed by atoms with Gasteiger partial charge in [0.05, 0.1) is 15.6 Å². The number of thioether (sulfide) groups is 1. The van der Waals surface area contributed by atoms with Crippen LogP contribution in [0.3, 0.4) is 0 Å². The largest absolute Gasteiger partial charge is 0.323 e. The number of rotatable bonds is 8. The summed E-state index contributed by atoms with van der Waals surface area (Å²) in [5.41, 5.74) is 2.07. The van der Waals surface area contributed by atoms with Crippen LogP contribution in [0.2, 0.25) is 5.02 Å². The molecule has 2 amide bonds. The van der Waals surface area contributed by atoms with Crippen LogP contribution in [0.4, 0.5) is 17.1 Å². The molecule has 1 atom stereocenters. The summed E-state index contributed by atoms with van der Waals surface area (Å²) in [6.45, 7) is 0. The zero-order valence-electron chi connectivity index (χ0n) is 18.8. The number of nitrogens with one attached hydrogen (secondary N) is 2. The summed E-state index contributed by atoms with van der Waals surface area (Å²) in [5, 5.41) is 16.4. The first-order chi connectivity index (χ1) is 17.4. The molecule has 4 rings (SSSR count). The molecule has 0 aliphatic carbocycles. The SMILES string of the molecule is O=C(Nc1cccc(SC(C(=O)Nc2ccccc2Cl)c2ccccc2)c1)c1ccc([N+](=O)[O-])cc1. The van der Waals surface area contributed by atoms with Gasteiger partial charge in [0.15, 0.2) is 0 Å². The molecule has 36 heavy (non-hydrogen) atoms. The number of carbonyl (C=O) groups excluding carboxylic acids is 2. The van der Waals surface area contributed by atoms with Crippen LogP contribution in [-0.4, -0.2) is 16.7 Å². The lowest BCUT2D eigenvalue weighted by atomic mass is 10.1. The van der Waals surface area contributed by atoms with Gasteiger partial charge in [-0.2, -0.15) is 0 Å². The molecule has 4 aromatic rings. The van der Waals surface area contributed by atoms with E-state index in [4.69, 9.17) is 11.6 Å². The third-order valence-electron chi connectivity index (χ3n) is 5.16. The summed E-state index contributed by atoms with van der Waals surface area (Å²) in [6, 6.07) is 28.9. The number of benzene rings is 4. The van der Waals surface area contributed by atoms with Crippen LogP contribution >= 0.6 is 23.4 Å². The Labute approximate surface area is 216 Å². The van der Waals surface area contributed by atoms with Gasteiger partial charge in [0.25, 0.3) is 11.6 Å². The number of hydrogen-bond donors (Lipinski definition) is 2. The number of amides is 2. The summed E-state index contributed by atoms with van der Waals surface area (Å²) in [5.74, 6) is -0.636. The van der Waals surface area contributed by atoms with Gasteiger partial charge in [0.1, 0.15) is 5.25 Å². The van der Waals surface area contributed by atoms with E-state index in [1.165, 1.54) is 36.0 Å². The predicted molar refractivity (Wildman–Crippen MR) is 143 cm³/mol. The molecular formula is C27H20ClN3O4S. The van der Waals surface area contributed by atoms with E-state index >= 15 is 0 Å². The molecule has 9 heteroatoms. The van der Waals surface area contributed by atoms with E-state index in [1.54, 1.807) is 42.5 Å². The third kappa shape index (κ3) is 6.29. The Morgan fingerprint density at radius 3 is 2.22 bits per heavy atom. The normalized spacial score (nSPS) is 11.4. The van der Waals surface area contributed by atoms with Crippen molar-refractivity contribution in [2.24, 2.45) is 0 Å². The molecule has 0 bridgehead atoms. The van der Waals surface area contributed by atoms with Crippen LogP contribution < -0.4 is 10.6 Å². The number of carbonyl (C=O) groups is 2. The van der Waals surface area contributed by atoms with Gasteiger partial charge in [0, 0.05) is 28.3 Å². The zero-order valence-corrected chi connectivity index (χ0v) is 20.3. The van der Waals surface area contributed by atoms with E-state index in [-0.39, 0.29) is 11.6 Å². The molecule has 0 saturated heterocycles. The van der Waals surface area contributed by atoms with Crippen LogP contribution in [-0.2, 0) is 4.79 Å². The lowest BCUT2D eigenvalue weighted by molar-refractivity contribution is -0.384. The second kappa shape index (κ2) is 11.5. The minimum absolute atomic E-state index is 0.0908. The standard InChI is InChI=1S/C27H20ClN3O4S/c28-23-11-4-5-12-24(23)30-27(33)25(18-7-2-1-3-8-18)36-22-10-6-9-20(17-22)29-26(32)19-13-15-21(16-14-19)31(34)35/h1-17,25H,(H,29,32)(H,30,33). The molecule has 0 radical (unpaired) electrons. The van der Waals surface area contributed by atoms with Gasteiger partial charge in [-0.15, -0.1) is 11.8 Å². The van der Waals surface area contributed by atoms with Gasteiger partial charge in [-0.1, -0.05) is 60.1 Å². The number of nitro benzene ring substituents is 1. The lowest BCUT2D eigenvalue weighted by Gasteiger charge is -2.18. The van der Waals surface area contributed by atoms with Crippen LogP contribution in [0.1, 0.15) is 21.2 Å². The Balaban J connectivity index is 1.53. The maximum absolute atomic E-state index is 13.3. The predicted octanol–water partition coefficient (Wildman–Crippen LogP) is 6.97. The Morgan fingerprint density at radius 2 is 1.53 bits per heavy atom. The molecule has 0 fully saturated rings. The highest BCUT2D eigenvalue weighted by molar-refractivity contribution is 8.00. The minimum Gasteiger partial charge on any atom is -0.323 e. The van der Waals surface area contributed by atoms with Crippen molar-refractivity contribution in [2.45, 2.75) is 10.1 Å². The van der Waals surface area contributed by atoms with Gasteiger partial charge in [-0.25, -0.2) is 0 Å². The van der Waals surface area contributed by atoms with Crippen molar-refractivity contribution in [1.29, 1.82) is 0 Å². The Kier molecular flexibility index (Phi) is 7.99. The number of non-ortho nitro benzene ring substituents is 1. The van der Waals surface area contributed by atoms with Crippen molar-refractivity contribution >= 4 is 52.2 Å². The van der Waals surface area contributed by atoms with Crippen LogP contribution in [0.25, 0.3) is 0 Å². The van der Waals surface area contributed by atoms with Crippen LogP contribution in [0.15, 0.2) is 108 Å². The minimum atomic E-state index is -0.580. The fourth-order valence-corrected chi connectivity index (χ4v) is 4.65. The number of halogens is 1. The summed E-state index contributed by atoms with van der Waals surface area (Å²) in [4.78, 5) is 37.0. The molecule has 0 heterocycles. The van der Waals surface area contributed by atoms with Crippen molar-refractivity contribution in [3.63, 3.8) is 0 Å². The van der Waals surface area contributed by atoms with Crippen molar-refractivity contribution in [3.8, 4) is 0 Å². The van der Waals surface area contributed by atoms with Gasteiger partial charge in [-0.05, 0) is 48.0 Å². The second-order valence-electron chi connectivity index (χ2n) is 7.66. The first kappa shape index (κ1) is 25.0. The molecule has 0 aliphatic heterocycles. The average molecular weight is 518 g/mol. The van der Waals surface area contributed by atoms with E-state index in [0.717, 1.165) is 10.5 Å². The fourth-order valence-electron chi connectivity index (χ4n) is 3.38. The molecule has 7 nitrogen and oxygen atoms in total. The van der Waals surface area contributed by atoms with E-state index in [1.807, 2.05) is 36.4 Å². The Morgan fingerprint density at radius 1 is 0.833 bits per heavy atom. The van der Waals surface area contributed by atoms with Crippen molar-refractivity contribution in [1.82, 2.24) is 0 Å². The molecule has 0 aromatic heterocycles. The van der Waals surface area contributed by atoms with E-state index in [9.17, 15) is 19.7 Å². The Hall–Kier alpha value is -4.14. The average Bonchev–Trinajstić information content (AvgIpc) is 2.89.